The topological polar surface area (TPSA) is 87.3 Å². The zero-order valence-electron chi connectivity index (χ0n) is 11.5. The summed E-state index contributed by atoms with van der Waals surface area (Å²) in [6.45, 7) is 1.24. The van der Waals surface area contributed by atoms with Crippen LogP contribution >= 0.6 is 11.3 Å². The highest BCUT2D eigenvalue weighted by Crippen LogP contribution is 2.24. The van der Waals surface area contributed by atoms with E-state index < -0.39 is 23.5 Å². The number of carbonyl (C=O) groups excluding carboxylic acids is 3. The number of hydrogen-bond donors (Lipinski definition) is 3. The molecule has 0 fully saturated rings. The van der Waals surface area contributed by atoms with Gasteiger partial charge in [-0.05, 0) is 23.6 Å². The fourth-order valence-corrected chi connectivity index (χ4v) is 2.39. The summed E-state index contributed by atoms with van der Waals surface area (Å²) >= 11 is 1.11. The van der Waals surface area contributed by atoms with Gasteiger partial charge in [0.05, 0.1) is 11.1 Å². The fourth-order valence-electron chi connectivity index (χ4n) is 1.61. The number of amides is 3. The van der Waals surface area contributed by atoms with Crippen LogP contribution in [-0.2, 0) is 4.79 Å². The molecule has 0 bridgehead atoms. The summed E-state index contributed by atoms with van der Waals surface area (Å²) in [5, 5.41) is 4.34. The Balaban J connectivity index is 2.13. The summed E-state index contributed by atoms with van der Waals surface area (Å²) in [4.78, 5) is 34.7. The van der Waals surface area contributed by atoms with Gasteiger partial charge in [0, 0.05) is 6.92 Å². The predicted octanol–water partition coefficient (Wildman–Crippen LogP) is 1.92. The SMILES string of the molecule is CC(=O)NNC(=O)c1ccsc1NC(=O)c1ccccc1F. The number of hydrogen-bond acceptors (Lipinski definition) is 4. The van der Waals surface area contributed by atoms with Crippen LogP contribution in [0.15, 0.2) is 35.7 Å². The first-order valence-electron chi connectivity index (χ1n) is 6.19. The van der Waals surface area contributed by atoms with Crippen LogP contribution in [-0.4, -0.2) is 17.7 Å². The van der Waals surface area contributed by atoms with Crippen molar-refractivity contribution in [3.05, 3.63) is 52.7 Å². The van der Waals surface area contributed by atoms with Gasteiger partial charge in [-0.25, -0.2) is 4.39 Å². The number of carbonyl (C=O) groups is 3. The van der Waals surface area contributed by atoms with E-state index in [1.54, 1.807) is 5.38 Å². The Bertz CT molecular complexity index is 730. The van der Waals surface area contributed by atoms with Gasteiger partial charge in [0.1, 0.15) is 10.8 Å². The Kier molecular flexibility index (Phi) is 4.84. The van der Waals surface area contributed by atoms with Crippen molar-refractivity contribution < 1.29 is 18.8 Å². The lowest BCUT2D eigenvalue weighted by Gasteiger charge is -2.08. The second kappa shape index (κ2) is 6.81. The van der Waals surface area contributed by atoms with Crippen LogP contribution in [0.25, 0.3) is 0 Å². The maximum absolute atomic E-state index is 13.6. The molecule has 0 radical (unpaired) electrons. The molecule has 8 heteroatoms. The molecule has 0 atom stereocenters. The highest BCUT2D eigenvalue weighted by atomic mass is 32.1. The molecule has 0 saturated heterocycles. The van der Waals surface area contributed by atoms with E-state index >= 15 is 0 Å². The number of rotatable bonds is 3. The zero-order valence-corrected chi connectivity index (χ0v) is 12.3. The van der Waals surface area contributed by atoms with Gasteiger partial charge in [-0.15, -0.1) is 11.3 Å². The molecule has 6 nitrogen and oxygen atoms in total. The van der Waals surface area contributed by atoms with Crippen LogP contribution in [0.2, 0.25) is 0 Å². The summed E-state index contributed by atoms with van der Waals surface area (Å²) in [7, 11) is 0. The first-order chi connectivity index (χ1) is 10.5. The molecule has 114 valence electrons. The Labute approximate surface area is 129 Å². The van der Waals surface area contributed by atoms with Crippen LogP contribution in [0, 0.1) is 5.82 Å². The average Bonchev–Trinajstić information content (AvgIpc) is 2.93. The quantitative estimate of drug-likeness (QED) is 0.755. The van der Waals surface area contributed by atoms with Crippen molar-refractivity contribution >= 4 is 34.1 Å². The monoisotopic (exact) mass is 321 g/mol. The smallest absolute Gasteiger partial charge is 0.272 e. The summed E-state index contributed by atoms with van der Waals surface area (Å²) in [6.07, 6.45) is 0. The van der Waals surface area contributed by atoms with E-state index in [0.717, 1.165) is 11.3 Å². The fraction of sp³-hybridized carbons (Fsp3) is 0.0714. The Morgan fingerprint density at radius 3 is 2.41 bits per heavy atom. The number of hydrazine groups is 1. The summed E-state index contributed by atoms with van der Waals surface area (Å²) in [5.41, 5.74) is 4.39. The second-order valence-corrected chi connectivity index (χ2v) is 5.15. The molecule has 3 amide bonds. The molecule has 0 spiro atoms. The van der Waals surface area contributed by atoms with Crippen molar-refractivity contribution in [2.24, 2.45) is 0 Å². The molecule has 1 aromatic carbocycles. The molecule has 0 aliphatic rings. The van der Waals surface area contributed by atoms with E-state index in [2.05, 4.69) is 16.2 Å². The number of anilines is 1. The predicted molar refractivity (Wildman–Crippen MR) is 80.0 cm³/mol. The maximum Gasteiger partial charge on any atom is 0.272 e. The highest BCUT2D eigenvalue weighted by Gasteiger charge is 2.17. The summed E-state index contributed by atoms with van der Waals surface area (Å²) < 4.78 is 13.6. The van der Waals surface area contributed by atoms with Crippen molar-refractivity contribution in [2.75, 3.05) is 5.32 Å². The Morgan fingerprint density at radius 1 is 1.00 bits per heavy atom. The molecule has 3 N–H and O–H groups in total. The van der Waals surface area contributed by atoms with Gasteiger partial charge in [-0.3, -0.25) is 25.2 Å². The minimum Gasteiger partial charge on any atom is -0.313 e. The van der Waals surface area contributed by atoms with E-state index in [1.165, 1.54) is 37.3 Å². The molecule has 0 saturated carbocycles. The van der Waals surface area contributed by atoms with Gasteiger partial charge in [0.15, 0.2) is 0 Å². The van der Waals surface area contributed by atoms with Gasteiger partial charge in [-0.2, -0.15) is 0 Å². The van der Waals surface area contributed by atoms with Crippen molar-refractivity contribution in [3.8, 4) is 0 Å². The molecule has 0 aliphatic heterocycles. The first-order valence-corrected chi connectivity index (χ1v) is 7.07. The Morgan fingerprint density at radius 2 is 1.73 bits per heavy atom. The number of thiophene rings is 1. The molecular formula is C14H12FN3O3S. The van der Waals surface area contributed by atoms with Crippen LogP contribution in [0.1, 0.15) is 27.6 Å². The molecule has 1 aromatic heterocycles. The third-order valence-electron chi connectivity index (χ3n) is 2.61. The third kappa shape index (κ3) is 3.67. The lowest BCUT2D eigenvalue weighted by atomic mass is 10.2. The van der Waals surface area contributed by atoms with Crippen LogP contribution in [0.3, 0.4) is 0 Å². The number of nitrogens with one attached hydrogen (secondary N) is 3. The molecule has 0 unspecified atom stereocenters. The molecule has 1 heterocycles. The zero-order chi connectivity index (χ0) is 16.1. The minimum absolute atomic E-state index is 0.121. The number of halogens is 1. The summed E-state index contributed by atoms with van der Waals surface area (Å²) in [6, 6.07) is 7.02. The maximum atomic E-state index is 13.6. The van der Waals surface area contributed by atoms with E-state index in [4.69, 9.17) is 0 Å². The molecule has 2 rings (SSSR count). The summed E-state index contributed by atoms with van der Waals surface area (Å²) in [5.74, 6) is -2.32. The van der Waals surface area contributed by atoms with Gasteiger partial charge in [0.25, 0.3) is 11.8 Å². The van der Waals surface area contributed by atoms with E-state index in [1.807, 2.05) is 0 Å². The lowest BCUT2D eigenvalue weighted by molar-refractivity contribution is -0.119. The number of benzene rings is 1. The largest absolute Gasteiger partial charge is 0.313 e. The molecule has 0 aliphatic carbocycles. The first kappa shape index (κ1) is 15.6. The van der Waals surface area contributed by atoms with Crippen molar-refractivity contribution in [3.63, 3.8) is 0 Å². The van der Waals surface area contributed by atoms with Crippen LogP contribution in [0.4, 0.5) is 9.39 Å². The van der Waals surface area contributed by atoms with Crippen molar-refractivity contribution in [1.82, 2.24) is 10.9 Å². The lowest BCUT2D eigenvalue weighted by Crippen LogP contribution is -2.40. The highest BCUT2D eigenvalue weighted by molar-refractivity contribution is 7.14. The van der Waals surface area contributed by atoms with Gasteiger partial charge < -0.3 is 5.32 Å². The van der Waals surface area contributed by atoms with Crippen LogP contribution in [0.5, 0.6) is 0 Å². The van der Waals surface area contributed by atoms with Crippen LogP contribution < -0.4 is 16.2 Å². The standard InChI is InChI=1S/C14H12FN3O3S/c1-8(19)17-18-13(21)10-6-7-22-14(10)16-12(20)9-4-2-3-5-11(9)15/h2-7H,1H3,(H,16,20)(H,17,19)(H,18,21). The minimum atomic E-state index is -0.658. The van der Waals surface area contributed by atoms with Crippen molar-refractivity contribution in [1.29, 1.82) is 0 Å². The molecular weight excluding hydrogens is 309 g/mol. The van der Waals surface area contributed by atoms with E-state index in [9.17, 15) is 18.8 Å². The van der Waals surface area contributed by atoms with E-state index in [-0.39, 0.29) is 16.1 Å². The Hall–Kier alpha value is -2.74. The average molecular weight is 321 g/mol. The van der Waals surface area contributed by atoms with Gasteiger partial charge >= 0.3 is 0 Å². The molecule has 22 heavy (non-hydrogen) atoms. The second-order valence-electron chi connectivity index (χ2n) is 4.23. The van der Waals surface area contributed by atoms with Crippen molar-refractivity contribution in [2.45, 2.75) is 6.92 Å². The third-order valence-corrected chi connectivity index (χ3v) is 3.44. The molecule has 2 aromatic rings. The van der Waals surface area contributed by atoms with Gasteiger partial charge in [0.2, 0.25) is 5.91 Å². The van der Waals surface area contributed by atoms with E-state index in [0.29, 0.717) is 0 Å². The normalized spacial score (nSPS) is 9.91. The van der Waals surface area contributed by atoms with Gasteiger partial charge in [-0.1, -0.05) is 12.1 Å².